The number of rotatable bonds is 3. The fourth-order valence-electron chi connectivity index (χ4n) is 1.60. The maximum atomic E-state index is 11.8. The summed E-state index contributed by atoms with van der Waals surface area (Å²) in [5.74, 6) is 0. The van der Waals surface area contributed by atoms with Gasteiger partial charge in [-0.1, -0.05) is 11.6 Å². The summed E-state index contributed by atoms with van der Waals surface area (Å²) in [6, 6.07) is 0. The second kappa shape index (κ2) is 7.44. The Kier molecular flexibility index (Phi) is 6.35. The number of hydrogen-bond acceptors (Lipinski definition) is 6. The van der Waals surface area contributed by atoms with Gasteiger partial charge in [-0.2, -0.15) is 0 Å². The molecule has 128 valence electrons. The minimum atomic E-state index is -0.937. The van der Waals surface area contributed by atoms with Crippen molar-refractivity contribution in [3.63, 3.8) is 0 Å². The van der Waals surface area contributed by atoms with Crippen LogP contribution in [-0.2, 0) is 15.9 Å². The highest BCUT2D eigenvalue weighted by Gasteiger charge is 2.27. The van der Waals surface area contributed by atoms with Crippen LogP contribution in [0.4, 0.5) is 9.59 Å². The van der Waals surface area contributed by atoms with Gasteiger partial charge in [-0.15, -0.1) is 0 Å². The molecule has 0 aliphatic heterocycles. The zero-order chi connectivity index (χ0) is 17.8. The Balaban J connectivity index is 2.65. The molecule has 2 amide bonds. The van der Waals surface area contributed by atoms with Crippen LogP contribution >= 0.6 is 27.5 Å². The van der Waals surface area contributed by atoms with Gasteiger partial charge in [0.25, 0.3) is 0 Å². The third kappa shape index (κ3) is 7.60. The van der Waals surface area contributed by atoms with Gasteiger partial charge in [0.15, 0.2) is 0 Å². The molecule has 0 aliphatic carbocycles. The Labute approximate surface area is 148 Å². The van der Waals surface area contributed by atoms with Crippen LogP contribution in [0.15, 0.2) is 10.8 Å². The van der Waals surface area contributed by atoms with Gasteiger partial charge < -0.3 is 9.47 Å². The van der Waals surface area contributed by atoms with E-state index in [1.165, 1.54) is 6.20 Å². The normalized spacial score (nSPS) is 11.8. The Morgan fingerprint density at radius 1 is 1.22 bits per heavy atom. The zero-order valence-corrected chi connectivity index (χ0v) is 15.9. The van der Waals surface area contributed by atoms with Crippen LogP contribution in [-0.4, -0.2) is 33.4 Å². The summed E-state index contributed by atoms with van der Waals surface area (Å²) >= 11 is 9.07. The fourth-order valence-corrected chi connectivity index (χ4v) is 2.09. The van der Waals surface area contributed by atoms with E-state index in [0.717, 1.165) is 0 Å². The predicted molar refractivity (Wildman–Crippen MR) is 88.4 cm³/mol. The first kappa shape index (κ1) is 19.6. The molecule has 0 spiro atoms. The minimum Gasteiger partial charge on any atom is -0.443 e. The highest BCUT2D eigenvalue weighted by Crippen LogP contribution is 2.22. The fraction of sp³-hybridized carbons (Fsp3) is 0.571. The molecule has 0 bridgehead atoms. The summed E-state index contributed by atoms with van der Waals surface area (Å²) in [6.07, 6.45) is -0.126. The third-order valence-corrected chi connectivity index (χ3v) is 3.17. The molecule has 0 radical (unpaired) electrons. The molecule has 0 aliphatic rings. The van der Waals surface area contributed by atoms with Crippen LogP contribution in [0.3, 0.4) is 0 Å². The van der Waals surface area contributed by atoms with Crippen LogP contribution in [0.2, 0.25) is 5.15 Å². The van der Waals surface area contributed by atoms with Gasteiger partial charge in [0.2, 0.25) is 0 Å². The summed E-state index contributed by atoms with van der Waals surface area (Å²) in [5.41, 5.74) is -1.11. The zero-order valence-electron chi connectivity index (χ0n) is 13.6. The Morgan fingerprint density at radius 2 is 1.78 bits per heavy atom. The summed E-state index contributed by atoms with van der Waals surface area (Å²) in [6.45, 7) is 8.43. The summed E-state index contributed by atoms with van der Waals surface area (Å²) in [4.78, 5) is 31.5. The standard InChI is InChI=1S/C14H19BrClN3O4/c1-13(2,3)22-11(20)19-12(21)23-14(4,5)6-8-10(15)17-7-9(16)18-8/h7H,6H2,1-5H3,(H,19,20,21). The molecule has 0 aromatic carbocycles. The maximum Gasteiger partial charge on any atom is 0.417 e. The van der Waals surface area contributed by atoms with Gasteiger partial charge in [-0.3, -0.25) is 0 Å². The lowest BCUT2D eigenvalue weighted by atomic mass is 10.0. The summed E-state index contributed by atoms with van der Waals surface area (Å²) in [5, 5.41) is 2.24. The van der Waals surface area contributed by atoms with Gasteiger partial charge in [-0.25, -0.2) is 24.9 Å². The predicted octanol–water partition coefficient (Wildman–Crippen LogP) is 3.87. The SMILES string of the molecule is CC(C)(C)OC(=O)NC(=O)OC(C)(C)Cc1nc(Cl)cnc1Br. The van der Waals surface area contributed by atoms with Crippen molar-refractivity contribution in [3.05, 3.63) is 21.6 Å². The van der Waals surface area contributed by atoms with Crippen molar-refractivity contribution in [3.8, 4) is 0 Å². The molecule has 1 aromatic heterocycles. The van der Waals surface area contributed by atoms with E-state index in [4.69, 9.17) is 21.1 Å². The van der Waals surface area contributed by atoms with E-state index >= 15 is 0 Å². The van der Waals surface area contributed by atoms with E-state index < -0.39 is 23.4 Å². The first-order valence-electron chi connectivity index (χ1n) is 6.78. The lowest BCUT2D eigenvalue weighted by Crippen LogP contribution is -2.41. The largest absolute Gasteiger partial charge is 0.443 e. The lowest BCUT2D eigenvalue weighted by Gasteiger charge is -2.25. The van der Waals surface area contributed by atoms with E-state index in [1.807, 2.05) is 5.32 Å². The topological polar surface area (TPSA) is 90.4 Å². The van der Waals surface area contributed by atoms with Crippen molar-refractivity contribution < 1.29 is 19.1 Å². The van der Waals surface area contributed by atoms with E-state index in [2.05, 4.69) is 25.9 Å². The molecule has 1 aromatic rings. The highest BCUT2D eigenvalue weighted by molar-refractivity contribution is 9.10. The Hall–Kier alpha value is -1.41. The number of ether oxygens (including phenoxy) is 2. The third-order valence-electron chi connectivity index (χ3n) is 2.33. The van der Waals surface area contributed by atoms with Crippen LogP contribution in [0.5, 0.6) is 0 Å². The van der Waals surface area contributed by atoms with Crippen molar-refractivity contribution in [1.82, 2.24) is 15.3 Å². The molecule has 7 nitrogen and oxygen atoms in total. The van der Waals surface area contributed by atoms with Crippen LogP contribution in [0, 0.1) is 0 Å². The molecule has 1 rings (SSSR count). The van der Waals surface area contributed by atoms with E-state index in [-0.39, 0.29) is 11.6 Å². The minimum absolute atomic E-state index is 0.234. The molecule has 9 heteroatoms. The van der Waals surface area contributed by atoms with Crippen molar-refractivity contribution >= 4 is 39.7 Å². The monoisotopic (exact) mass is 407 g/mol. The number of carbonyl (C=O) groups is 2. The van der Waals surface area contributed by atoms with Gasteiger partial charge in [0.05, 0.1) is 11.9 Å². The summed E-state index contributed by atoms with van der Waals surface area (Å²) < 4.78 is 10.7. The lowest BCUT2D eigenvalue weighted by molar-refractivity contribution is 0.0275. The second-order valence-electron chi connectivity index (χ2n) is 6.38. The average molecular weight is 409 g/mol. The van der Waals surface area contributed by atoms with Crippen molar-refractivity contribution in [2.75, 3.05) is 0 Å². The first-order valence-corrected chi connectivity index (χ1v) is 7.95. The molecule has 0 unspecified atom stereocenters. The molecule has 0 saturated carbocycles. The molecule has 1 N–H and O–H groups in total. The number of alkyl carbamates (subject to hydrolysis) is 2. The van der Waals surface area contributed by atoms with Crippen LogP contribution in [0.25, 0.3) is 0 Å². The van der Waals surface area contributed by atoms with E-state index in [0.29, 0.717) is 10.3 Å². The van der Waals surface area contributed by atoms with Gasteiger partial charge in [0, 0.05) is 6.42 Å². The Morgan fingerprint density at radius 3 is 2.35 bits per heavy atom. The second-order valence-corrected chi connectivity index (χ2v) is 7.52. The molecule has 1 heterocycles. The number of amides is 2. The molecule has 0 fully saturated rings. The maximum absolute atomic E-state index is 11.8. The van der Waals surface area contributed by atoms with Gasteiger partial charge >= 0.3 is 12.2 Å². The van der Waals surface area contributed by atoms with Gasteiger partial charge in [0.1, 0.15) is 21.0 Å². The molecular weight excluding hydrogens is 390 g/mol. The number of imide groups is 1. The average Bonchev–Trinajstić information content (AvgIpc) is 2.29. The molecule has 0 saturated heterocycles. The number of carbonyl (C=O) groups excluding carboxylic acids is 2. The number of nitrogens with one attached hydrogen (secondary N) is 1. The van der Waals surface area contributed by atoms with Crippen LogP contribution in [0.1, 0.15) is 40.3 Å². The smallest absolute Gasteiger partial charge is 0.417 e. The quantitative estimate of drug-likeness (QED) is 0.816. The van der Waals surface area contributed by atoms with Crippen molar-refractivity contribution in [1.29, 1.82) is 0 Å². The summed E-state index contributed by atoms with van der Waals surface area (Å²) in [7, 11) is 0. The highest BCUT2D eigenvalue weighted by atomic mass is 79.9. The van der Waals surface area contributed by atoms with Crippen molar-refractivity contribution in [2.45, 2.75) is 52.2 Å². The molecule has 0 atom stereocenters. The van der Waals surface area contributed by atoms with E-state index in [9.17, 15) is 9.59 Å². The first-order chi connectivity index (χ1) is 10.4. The number of aromatic nitrogens is 2. The molecular formula is C14H19BrClN3O4. The number of nitrogens with zero attached hydrogens (tertiary/aromatic N) is 2. The van der Waals surface area contributed by atoms with Crippen LogP contribution < -0.4 is 5.32 Å². The number of halogens is 2. The van der Waals surface area contributed by atoms with E-state index in [1.54, 1.807) is 34.6 Å². The number of hydrogen-bond donors (Lipinski definition) is 1. The molecule has 23 heavy (non-hydrogen) atoms. The van der Waals surface area contributed by atoms with Crippen molar-refractivity contribution in [2.24, 2.45) is 0 Å². The Bertz CT molecular complexity index is 602. The van der Waals surface area contributed by atoms with Gasteiger partial charge in [-0.05, 0) is 50.5 Å².